The predicted octanol–water partition coefficient (Wildman–Crippen LogP) is 3.19. The van der Waals surface area contributed by atoms with Gasteiger partial charge in [-0.1, -0.05) is 39.0 Å². The zero-order chi connectivity index (χ0) is 20.9. The Hall–Kier alpha value is -2.61. The van der Waals surface area contributed by atoms with E-state index in [1.165, 1.54) is 18.2 Å². The molecular formula is C20H25FN2O4S. The molecule has 0 aliphatic rings. The summed E-state index contributed by atoms with van der Waals surface area (Å²) in [6.45, 7) is 6.21. The minimum absolute atomic E-state index is 0.0240. The summed E-state index contributed by atoms with van der Waals surface area (Å²) in [4.78, 5) is 12.0. The summed E-state index contributed by atoms with van der Waals surface area (Å²) in [7, 11) is -3.56. The predicted molar refractivity (Wildman–Crippen MR) is 107 cm³/mol. The van der Waals surface area contributed by atoms with Crippen LogP contribution in [0.5, 0.6) is 5.75 Å². The van der Waals surface area contributed by atoms with Crippen molar-refractivity contribution in [3.63, 3.8) is 0 Å². The smallest absolute Gasteiger partial charge is 0.258 e. The van der Waals surface area contributed by atoms with Gasteiger partial charge in [0.1, 0.15) is 11.6 Å². The molecule has 2 rings (SSSR count). The van der Waals surface area contributed by atoms with Crippen LogP contribution in [0.4, 0.5) is 10.1 Å². The Kier molecular flexibility index (Phi) is 6.66. The SMILES string of the molecule is CC(C)(C)c1cccc(OCC(=O)NCc2ccc(NS(C)(=O)=O)c(F)c2)c1. The van der Waals surface area contributed by atoms with Crippen molar-refractivity contribution in [1.29, 1.82) is 0 Å². The van der Waals surface area contributed by atoms with E-state index in [0.717, 1.165) is 11.8 Å². The molecule has 0 bridgehead atoms. The molecule has 0 fully saturated rings. The van der Waals surface area contributed by atoms with Crippen LogP contribution in [-0.4, -0.2) is 27.2 Å². The van der Waals surface area contributed by atoms with Crippen molar-refractivity contribution in [2.45, 2.75) is 32.7 Å². The van der Waals surface area contributed by atoms with Gasteiger partial charge in [0.25, 0.3) is 5.91 Å². The van der Waals surface area contributed by atoms with Gasteiger partial charge < -0.3 is 10.1 Å². The lowest BCUT2D eigenvalue weighted by atomic mass is 9.87. The highest BCUT2D eigenvalue weighted by molar-refractivity contribution is 7.92. The van der Waals surface area contributed by atoms with E-state index in [9.17, 15) is 17.6 Å². The second kappa shape index (κ2) is 8.60. The maximum atomic E-state index is 13.9. The molecule has 0 aliphatic heterocycles. The van der Waals surface area contributed by atoms with Crippen LogP contribution in [0.25, 0.3) is 0 Å². The summed E-state index contributed by atoms with van der Waals surface area (Å²) in [5.41, 5.74) is 1.44. The molecule has 0 heterocycles. The number of ether oxygens (including phenoxy) is 1. The van der Waals surface area contributed by atoms with Crippen molar-refractivity contribution in [2.24, 2.45) is 0 Å². The average molecular weight is 408 g/mol. The molecule has 8 heteroatoms. The van der Waals surface area contributed by atoms with Gasteiger partial charge in [0.15, 0.2) is 6.61 Å². The summed E-state index contributed by atoms with van der Waals surface area (Å²) in [5.74, 6) is -0.461. The van der Waals surface area contributed by atoms with Gasteiger partial charge in [0.2, 0.25) is 10.0 Å². The summed E-state index contributed by atoms with van der Waals surface area (Å²) in [6.07, 6.45) is 0.942. The second-order valence-electron chi connectivity index (χ2n) is 7.53. The summed E-state index contributed by atoms with van der Waals surface area (Å²) in [5, 5.41) is 2.64. The maximum Gasteiger partial charge on any atom is 0.258 e. The van der Waals surface area contributed by atoms with Gasteiger partial charge in [-0.3, -0.25) is 9.52 Å². The lowest BCUT2D eigenvalue weighted by Crippen LogP contribution is -2.28. The van der Waals surface area contributed by atoms with E-state index in [4.69, 9.17) is 4.74 Å². The highest BCUT2D eigenvalue weighted by Gasteiger charge is 2.14. The zero-order valence-electron chi connectivity index (χ0n) is 16.4. The standard InChI is InChI=1S/C20H25FN2O4S/c1-20(2,3)15-6-5-7-16(11-15)27-13-19(24)22-12-14-8-9-18(17(21)10-14)23-28(4,25)26/h5-11,23H,12-13H2,1-4H3,(H,22,24). The fourth-order valence-electron chi connectivity index (χ4n) is 2.40. The highest BCUT2D eigenvalue weighted by Crippen LogP contribution is 2.25. The molecule has 0 aromatic heterocycles. The van der Waals surface area contributed by atoms with E-state index >= 15 is 0 Å². The zero-order valence-corrected chi connectivity index (χ0v) is 17.2. The average Bonchev–Trinajstić information content (AvgIpc) is 2.59. The molecule has 2 N–H and O–H groups in total. The number of benzene rings is 2. The normalized spacial score (nSPS) is 11.8. The Bertz CT molecular complexity index is 953. The molecule has 0 aliphatic carbocycles. The van der Waals surface area contributed by atoms with Crippen LogP contribution in [0.15, 0.2) is 42.5 Å². The molecule has 0 saturated carbocycles. The number of carbonyl (C=O) groups is 1. The third-order valence-electron chi connectivity index (χ3n) is 3.89. The first-order chi connectivity index (χ1) is 12.9. The van der Waals surface area contributed by atoms with Crippen LogP contribution in [0.1, 0.15) is 31.9 Å². The van der Waals surface area contributed by atoms with E-state index in [-0.39, 0.29) is 30.2 Å². The molecule has 0 radical (unpaired) electrons. The van der Waals surface area contributed by atoms with Gasteiger partial charge in [-0.2, -0.15) is 0 Å². The molecule has 1 amide bonds. The quantitative estimate of drug-likeness (QED) is 0.737. The number of anilines is 1. The maximum absolute atomic E-state index is 13.9. The second-order valence-corrected chi connectivity index (χ2v) is 9.28. The Morgan fingerprint density at radius 1 is 1.14 bits per heavy atom. The Morgan fingerprint density at radius 2 is 1.86 bits per heavy atom. The lowest BCUT2D eigenvalue weighted by Gasteiger charge is -2.19. The highest BCUT2D eigenvalue weighted by atomic mass is 32.2. The molecule has 0 atom stereocenters. The van der Waals surface area contributed by atoms with Gasteiger partial charge >= 0.3 is 0 Å². The number of hydrogen-bond donors (Lipinski definition) is 2. The van der Waals surface area contributed by atoms with Crippen LogP contribution in [-0.2, 0) is 26.8 Å². The van der Waals surface area contributed by atoms with Gasteiger partial charge in [0, 0.05) is 6.54 Å². The van der Waals surface area contributed by atoms with Crippen LogP contribution in [0.2, 0.25) is 0 Å². The molecule has 152 valence electrons. The third kappa shape index (κ3) is 6.84. The Labute approximate surface area is 165 Å². The van der Waals surface area contributed by atoms with Crippen LogP contribution < -0.4 is 14.8 Å². The number of hydrogen-bond acceptors (Lipinski definition) is 4. The van der Waals surface area contributed by atoms with Gasteiger partial charge in [-0.25, -0.2) is 12.8 Å². The van der Waals surface area contributed by atoms with Crippen LogP contribution in [0, 0.1) is 5.82 Å². The summed E-state index contributed by atoms with van der Waals surface area (Å²) < 4.78 is 43.9. The summed E-state index contributed by atoms with van der Waals surface area (Å²) >= 11 is 0. The van der Waals surface area contributed by atoms with Gasteiger partial charge in [-0.15, -0.1) is 0 Å². The largest absolute Gasteiger partial charge is 0.484 e. The molecule has 2 aromatic carbocycles. The van der Waals surface area contributed by atoms with E-state index in [2.05, 4.69) is 30.8 Å². The third-order valence-corrected chi connectivity index (χ3v) is 4.48. The molecule has 0 spiro atoms. The number of sulfonamides is 1. The fraction of sp³-hybridized carbons (Fsp3) is 0.350. The van der Waals surface area contributed by atoms with E-state index in [0.29, 0.717) is 11.3 Å². The minimum Gasteiger partial charge on any atom is -0.484 e. The minimum atomic E-state index is -3.56. The van der Waals surface area contributed by atoms with Crippen LogP contribution >= 0.6 is 0 Å². The topological polar surface area (TPSA) is 84.5 Å². The Morgan fingerprint density at radius 3 is 2.46 bits per heavy atom. The van der Waals surface area contributed by atoms with Crippen molar-refractivity contribution in [3.05, 3.63) is 59.4 Å². The van der Waals surface area contributed by atoms with Crippen molar-refractivity contribution in [1.82, 2.24) is 5.32 Å². The first-order valence-corrected chi connectivity index (χ1v) is 10.6. The lowest BCUT2D eigenvalue weighted by molar-refractivity contribution is -0.123. The number of halogens is 1. The van der Waals surface area contributed by atoms with Crippen molar-refractivity contribution in [2.75, 3.05) is 17.6 Å². The fourth-order valence-corrected chi connectivity index (χ4v) is 2.97. The number of amides is 1. The molecule has 0 saturated heterocycles. The molecule has 6 nitrogen and oxygen atoms in total. The Balaban J connectivity index is 1.88. The number of nitrogens with one attached hydrogen (secondary N) is 2. The van der Waals surface area contributed by atoms with E-state index in [1.807, 2.05) is 18.2 Å². The first kappa shape index (κ1) is 21.7. The molecule has 28 heavy (non-hydrogen) atoms. The summed E-state index contributed by atoms with van der Waals surface area (Å²) in [6, 6.07) is 11.6. The number of rotatable bonds is 7. The molecular weight excluding hydrogens is 383 g/mol. The number of carbonyl (C=O) groups excluding carboxylic acids is 1. The van der Waals surface area contributed by atoms with Gasteiger partial charge in [-0.05, 0) is 40.8 Å². The van der Waals surface area contributed by atoms with E-state index < -0.39 is 15.8 Å². The van der Waals surface area contributed by atoms with Crippen molar-refractivity contribution >= 4 is 21.6 Å². The first-order valence-electron chi connectivity index (χ1n) is 8.70. The molecule has 2 aromatic rings. The molecule has 0 unspecified atom stereocenters. The van der Waals surface area contributed by atoms with Crippen molar-refractivity contribution < 1.29 is 22.3 Å². The van der Waals surface area contributed by atoms with Crippen molar-refractivity contribution in [3.8, 4) is 5.75 Å². The van der Waals surface area contributed by atoms with E-state index in [1.54, 1.807) is 6.07 Å². The van der Waals surface area contributed by atoms with Gasteiger partial charge in [0.05, 0.1) is 11.9 Å². The van der Waals surface area contributed by atoms with Crippen LogP contribution in [0.3, 0.4) is 0 Å². The monoisotopic (exact) mass is 408 g/mol.